The van der Waals surface area contributed by atoms with Crippen molar-refractivity contribution in [1.82, 2.24) is 9.88 Å². The van der Waals surface area contributed by atoms with Crippen LogP contribution in [0.3, 0.4) is 0 Å². The Kier molecular flexibility index (Phi) is 2.12. The van der Waals surface area contributed by atoms with Gasteiger partial charge in [-0.3, -0.25) is 0 Å². The van der Waals surface area contributed by atoms with Gasteiger partial charge < -0.3 is 9.88 Å². The largest absolute Gasteiger partial charge is 0.365 e. The van der Waals surface area contributed by atoms with Gasteiger partial charge in [0.05, 0.1) is 0 Å². The van der Waals surface area contributed by atoms with Crippen LogP contribution in [0.1, 0.15) is 11.3 Å². The third kappa shape index (κ3) is 1.88. The van der Waals surface area contributed by atoms with Crippen molar-refractivity contribution in [3.8, 4) is 0 Å². The summed E-state index contributed by atoms with van der Waals surface area (Å²) < 4.78 is 0. The fourth-order valence-corrected chi connectivity index (χ4v) is 1.02. The van der Waals surface area contributed by atoms with Gasteiger partial charge in [0.2, 0.25) is 0 Å². The molecule has 0 fully saturated rings. The van der Waals surface area contributed by atoms with Crippen molar-refractivity contribution in [2.45, 2.75) is 13.5 Å². The molecule has 1 N–H and O–H groups in total. The molecule has 1 aromatic rings. The number of hydrogen-bond acceptors (Lipinski definition) is 1. The third-order valence-electron chi connectivity index (χ3n) is 1.39. The van der Waals surface area contributed by atoms with Crippen molar-refractivity contribution >= 4 is 0 Å². The van der Waals surface area contributed by atoms with Crippen molar-refractivity contribution in [1.29, 1.82) is 0 Å². The van der Waals surface area contributed by atoms with E-state index in [0.717, 1.165) is 6.54 Å². The van der Waals surface area contributed by atoms with E-state index < -0.39 is 0 Å². The highest BCUT2D eigenvalue weighted by Gasteiger charge is 1.95. The third-order valence-corrected chi connectivity index (χ3v) is 1.39. The molecule has 0 aromatic carbocycles. The Bertz CT molecular complexity index is 201. The second-order valence-corrected chi connectivity index (χ2v) is 2.93. The Morgan fingerprint density at radius 2 is 2.20 bits per heavy atom. The van der Waals surface area contributed by atoms with Crippen molar-refractivity contribution in [3.63, 3.8) is 0 Å². The summed E-state index contributed by atoms with van der Waals surface area (Å²) in [6.07, 6.45) is 2.05. The van der Waals surface area contributed by atoms with Crippen LogP contribution in [0.4, 0.5) is 0 Å². The highest BCUT2D eigenvalue weighted by molar-refractivity contribution is 5.14. The first-order valence-corrected chi connectivity index (χ1v) is 3.47. The van der Waals surface area contributed by atoms with Gasteiger partial charge in [-0.1, -0.05) is 0 Å². The van der Waals surface area contributed by atoms with E-state index in [-0.39, 0.29) is 0 Å². The first-order valence-electron chi connectivity index (χ1n) is 3.47. The van der Waals surface area contributed by atoms with Gasteiger partial charge in [-0.05, 0) is 32.6 Å². The van der Waals surface area contributed by atoms with Crippen LogP contribution in [0.15, 0.2) is 12.3 Å². The van der Waals surface area contributed by atoms with E-state index in [1.807, 2.05) is 0 Å². The van der Waals surface area contributed by atoms with E-state index in [1.54, 1.807) is 0 Å². The Balaban J connectivity index is 2.58. The van der Waals surface area contributed by atoms with Gasteiger partial charge in [-0.25, -0.2) is 0 Å². The lowest BCUT2D eigenvalue weighted by Crippen LogP contribution is -2.09. The minimum absolute atomic E-state index is 1.02. The van der Waals surface area contributed by atoms with Gasteiger partial charge in [0.1, 0.15) is 0 Å². The number of H-pyrrole nitrogens is 1. The molecule has 0 amide bonds. The minimum atomic E-state index is 1.02. The zero-order valence-electron chi connectivity index (χ0n) is 6.81. The fourth-order valence-electron chi connectivity index (χ4n) is 1.02. The monoisotopic (exact) mass is 138 g/mol. The highest BCUT2D eigenvalue weighted by atomic mass is 15.0. The van der Waals surface area contributed by atoms with Crippen LogP contribution < -0.4 is 0 Å². The summed E-state index contributed by atoms with van der Waals surface area (Å²) in [5, 5.41) is 0. The van der Waals surface area contributed by atoms with Crippen molar-refractivity contribution in [3.05, 3.63) is 23.5 Å². The maximum atomic E-state index is 3.15. The van der Waals surface area contributed by atoms with Crippen molar-refractivity contribution < 1.29 is 0 Å². The number of aromatic amines is 1. The van der Waals surface area contributed by atoms with E-state index in [2.05, 4.69) is 43.2 Å². The topological polar surface area (TPSA) is 19.0 Å². The van der Waals surface area contributed by atoms with E-state index in [0.29, 0.717) is 0 Å². The fraction of sp³-hybridized carbons (Fsp3) is 0.500. The van der Waals surface area contributed by atoms with Gasteiger partial charge >= 0.3 is 0 Å². The molecular weight excluding hydrogens is 124 g/mol. The number of nitrogens with one attached hydrogen (secondary N) is 1. The van der Waals surface area contributed by atoms with Crippen molar-refractivity contribution in [2.24, 2.45) is 0 Å². The highest BCUT2D eigenvalue weighted by Crippen LogP contribution is 2.03. The van der Waals surface area contributed by atoms with Crippen LogP contribution >= 0.6 is 0 Å². The second kappa shape index (κ2) is 2.88. The molecule has 2 nitrogen and oxygen atoms in total. The molecule has 0 atom stereocenters. The van der Waals surface area contributed by atoms with E-state index in [4.69, 9.17) is 0 Å². The molecule has 1 aromatic heterocycles. The molecule has 0 bridgehead atoms. The lowest BCUT2D eigenvalue weighted by atomic mass is 10.3. The summed E-state index contributed by atoms with van der Waals surface area (Å²) in [6, 6.07) is 2.17. The van der Waals surface area contributed by atoms with Gasteiger partial charge in [0.15, 0.2) is 0 Å². The molecule has 0 aliphatic rings. The van der Waals surface area contributed by atoms with Gasteiger partial charge in [-0.15, -0.1) is 0 Å². The molecule has 0 unspecified atom stereocenters. The minimum Gasteiger partial charge on any atom is -0.365 e. The SMILES string of the molecule is Cc1cc(CN(C)C)c[nH]1. The van der Waals surface area contributed by atoms with E-state index >= 15 is 0 Å². The molecule has 0 spiro atoms. The molecular formula is C8H14N2. The molecule has 2 heteroatoms. The molecule has 0 aliphatic heterocycles. The number of rotatable bonds is 2. The van der Waals surface area contributed by atoms with Crippen molar-refractivity contribution in [2.75, 3.05) is 14.1 Å². The summed E-state index contributed by atoms with van der Waals surface area (Å²) in [6.45, 7) is 3.09. The quantitative estimate of drug-likeness (QED) is 0.654. The Morgan fingerprint density at radius 1 is 1.50 bits per heavy atom. The average molecular weight is 138 g/mol. The second-order valence-electron chi connectivity index (χ2n) is 2.93. The van der Waals surface area contributed by atoms with Crippen LogP contribution in [-0.4, -0.2) is 24.0 Å². The summed E-state index contributed by atoms with van der Waals surface area (Å²) in [5.74, 6) is 0. The van der Waals surface area contributed by atoms with Crippen LogP contribution in [0.5, 0.6) is 0 Å². The summed E-state index contributed by atoms with van der Waals surface area (Å²) >= 11 is 0. The standard InChI is InChI=1S/C8H14N2/c1-7-4-8(5-9-7)6-10(2)3/h4-5,9H,6H2,1-3H3. The van der Waals surface area contributed by atoms with Gasteiger partial charge in [0, 0.05) is 18.4 Å². The van der Waals surface area contributed by atoms with Gasteiger partial charge in [0.25, 0.3) is 0 Å². The van der Waals surface area contributed by atoms with E-state index in [9.17, 15) is 0 Å². The van der Waals surface area contributed by atoms with Crippen LogP contribution in [0.25, 0.3) is 0 Å². The molecule has 0 saturated carbocycles. The number of aromatic nitrogens is 1. The maximum absolute atomic E-state index is 3.15. The van der Waals surface area contributed by atoms with Crippen LogP contribution in [-0.2, 0) is 6.54 Å². The summed E-state index contributed by atoms with van der Waals surface area (Å²) in [4.78, 5) is 5.30. The molecule has 0 aliphatic carbocycles. The first-order chi connectivity index (χ1) is 4.68. The summed E-state index contributed by atoms with van der Waals surface area (Å²) in [7, 11) is 4.14. The first kappa shape index (κ1) is 7.35. The molecule has 0 radical (unpaired) electrons. The normalized spacial score (nSPS) is 10.8. The predicted molar refractivity (Wildman–Crippen MR) is 42.9 cm³/mol. The lowest BCUT2D eigenvalue weighted by Gasteiger charge is -2.05. The number of hydrogen-bond donors (Lipinski definition) is 1. The molecule has 1 rings (SSSR count). The zero-order chi connectivity index (χ0) is 7.56. The van der Waals surface area contributed by atoms with Crippen LogP contribution in [0, 0.1) is 6.92 Å². The Morgan fingerprint density at radius 3 is 2.60 bits per heavy atom. The summed E-state index contributed by atoms with van der Waals surface area (Å²) in [5.41, 5.74) is 2.58. The molecule has 1 heterocycles. The lowest BCUT2D eigenvalue weighted by molar-refractivity contribution is 0.403. The van der Waals surface area contributed by atoms with Gasteiger partial charge in [-0.2, -0.15) is 0 Å². The maximum Gasteiger partial charge on any atom is 0.0242 e. The Labute approximate surface area is 61.9 Å². The van der Waals surface area contributed by atoms with Crippen LogP contribution in [0.2, 0.25) is 0 Å². The molecule has 0 saturated heterocycles. The molecule has 56 valence electrons. The average Bonchev–Trinajstić information content (AvgIpc) is 2.13. The smallest absolute Gasteiger partial charge is 0.0242 e. The number of nitrogens with zero attached hydrogens (tertiary/aromatic N) is 1. The Hall–Kier alpha value is -0.760. The zero-order valence-corrected chi connectivity index (χ0v) is 6.81. The predicted octanol–water partition coefficient (Wildman–Crippen LogP) is 1.38. The van der Waals surface area contributed by atoms with E-state index in [1.165, 1.54) is 11.3 Å². The number of aryl methyl sites for hydroxylation is 1. The molecule has 10 heavy (non-hydrogen) atoms.